The minimum Gasteiger partial charge on any atom is -0.481 e. The summed E-state index contributed by atoms with van der Waals surface area (Å²) in [6.45, 7) is 1.30. The molecule has 5 rings (SSSR count). The Labute approximate surface area is 237 Å². The monoisotopic (exact) mass is 565 g/mol. The summed E-state index contributed by atoms with van der Waals surface area (Å²) in [7, 11) is 0. The third kappa shape index (κ3) is 5.89. The van der Waals surface area contributed by atoms with E-state index in [1.807, 2.05) is 42.5 Å². The first-order chi connectivity index (χ1) is 18.8. The first-order valence-electron chi connectivity index (χ1n) is 13.0. The molecule has 39 heavy (non-hydrogen) atoms. The number of anilines is 1. The summed E-state index contributed by atoms with van der Waals surface area (Å²) in [5.74, 6) is -2.44. The lowest BCUT2D eigenvalue weighted by atomic mass is 9.90. The van der Waals surface area contributed by atoms with Crippen molar-refractivity contribution in [2.24, 2.45) is 5.92 Å². The van der Waals surface area contributed by atoms with Crippen LogP contribution < -0.4 is 15.5 Å². The van der Waals surface area contributed by atoms with Crippen LogP contribution in [0.25, 0.3) is 0 Å². The van der Waals surface area contributed by atoms with Crippen LogP contribution in [0.3, 0.4) is 0 Å². The van der Waals surface area contributed by atoms with E-state index < -0.39 is 23.7 Å². The first kappa shape index (κ1) is 27.0. The van der Waals surface area contributed by atoms with E-state index >= 15 is 0 Å². The highest BCUT2D eigenvalue weighted by Crippen LogP contribution is 2.40. The zero-order valence-electron chi connectivity index (χ0n) is 21.2. The molecule has 3 aromatic carbocycles. The van der Waals surface area contributed by atoms with E-state index in [0.29, 0.717) is 11.6 Å². The summed E-state index contributed by atoms with van der Waals surface area (Å²) in [4.78, 5) is 39.8. The Morgan fingerprint density at radius 1 is 0.974 bits per heavy atom. The van der Waals surface area contributed by atoms with Gasteiger partial charge in [0.25, 0.3) is 0 Å². The normalized spacial score (nSPS) is 17.2. The molecule has 2 atom stereocenters. The van der Waals surface area contributed by atoms with Crippen LogP contribution in [0.2, 0.25) is 10.0 Å². The fourth-order valence-corrected chi connectivity index (χ4v) is 6.06. The van der Waals surface area contributed by atoms with E-state index in [0.717, 1.165) is 31.5 Å². The molecule has 9 heteroatoms. The third-order valence-corrected chi connectivity index (χ3v) is 8.27. The fourth-order valence-electron chi connectivity index (χ4n) is 5.36. The molecule has 1 aliphatic carbocycles. The number of hydrogen-bond donors (Lipinski definition) is 3. The Hall–Kier alpha value is -3.55. The van der Waals surface area contributed by atoms with Gasteiger partial charge >= 0.3 is 12.0 Å². The van der Waals surface area contributed by atoms with E-state index in [9.17, 15) is 19.5 Å². The summed E-state index contributed by atoms with van der Waals surface area (Å²) in [6, 6.07) is 20.9. The van der Waals surface area contributed by atoms with Gasteiger partial charge in [-0.15, -0.1) is 0 Å². The van der Waals surface area contributed by atoms with Crippen molar-refractivity contribution in [3.05, 3.63) is 99.0 Å². The van der Waals surface area contributed by atoms with E-state index in [1.54, 1.807) is 12.1 Å². The van der Waals surface area contributed by atoms with Gasteiger partial charge in [0.1, 0.15) is 0 Å². The number of aliphatic carboxylic acids is 1. The SMILES string of the molecule is O=C(NC[C@H](CC(=O)c1c(Cl)ccc(N2CC(c3ccccc3)C2)c1Cl)C(=O)O)N[C@@H]1CCc2ccccc21. The lowest BCUT2D eigenvalue weighted by Crippen LogP contribution is -2.45. The molecule has 0 spiro atoms. The maximum Gasteiger partial charge on any atom is 0.315 e. The van der Waals surface area contributed by atoms with Crippen molar-refractivity contribution in [1.29, 1.82) is 0 Å². The van der Waals surface area contributed by atoms with Crippen molar-refractivity contribution < 1.29 is 19.5 Å². The molecule has 1 heterocycles. The van der Waals surface area contributed by atoms with Crippen LogP contribution in [-0.4, -0.2) is 42.5 Å². The van der Waals surface area contributed by atoms with E-state index in [1.165, 1.54) is 11.1 Å². The Bertz CT molecular complexity index is 1390. The van der Waals surface area contributed by atoms with Gasteiger partial charge in [-0.2, -0.15) is 0 Å². The number of carboxylic acids is 1. The fraction of sp³-hybridized carbons (Fsp3) is 0.300. The smallest absolute Gasteiger partial charge is 0.315 e. The molecule has 2 aliphatic rings. The predicted octanol–water partition coefficient (Wildman–Crippen LogP) is 5.86. The number of aryl methyl sites for hydroxylation is 1. The molecular weight excluding hydrogens is 537 g/mol. The Kier molecular flexibility index (Phi) is 8.10. The maximum atomic E-state index is 13.2. The van der Waals surface area contributed by atoms with Gasteiger partial charge in [0, 0.05) is 32.0 Å². The predicted molar refractivity (Wildman–Crippen MR) is 152 cm³/mol. The van der Waals surface area contributed by atoms with Crippen molar-refractivity contribution >= 4 is 46.7 Å². The minimum atomic E-state index is -1.19. The molecule has 0 aromatic heterocycles. The van der Waals surface area contributed by atoms with Gasteiger partial charge in [0.15, 0.2) is 5.78 Å². The number of benzene rings is 3. The first-order valence-corrected chi connectivity index (χ1v) is 13.7. The number of urea groups is 1. The van der Waals surface area contributed by atoms with Gasteiger partial charge in [0.2, 0.25) is 0 Å². The highest BCUT2D eigenvalue weighted by Gasteiger charge is 2.32. The van der Waals surface area contributed by atoms with Gasteiger partial charge in [0.05, 0.1) is 33.3 Å². The molecule has 0 radical (unpaired) electrons. The van der Waals surface area contributed by atoms with Crippen LogP contribution >= 0.6 is 23.2 Å². The second-order valence-electron chi connectivity index (χ2n) is 10.1. The van der Waals surface area contributed by atoms with Crippen LogP contribution in [-0.2, 0) is 11.2 Å². The van der Waals surface area contributed by atoms with Crippen LogP contribution in [0.4, 0.5) is 10.5 Å². The number of halogens is 2. The number of ketones is 1. The van der Waals surface area contributed by atoms with Crippen molar-refractivity contribution in [3.63, 3.8) is 0 Å². The molecule has 0 saturated carbocycles. The Morgan fingerprint density at radius 2 is 1.69 bits per heavy atom. The quantitative estimate of drug-likeness (QED) is 0.282. The molecule has 1 saturated heterocycles. The van der Waals surface area contributed by atoms with E-state index in [2.05, 4.69) is 27.7 Å². The summed E-state index contributed by atoms with van der Waals surface area (Å²) in [5, 5.41) is 15.7. The van der Waals surface area contributed by atoms with Gasteiger partial charge in [-0.1, -0.05) is 77.8 Å². The highest BCUT2D eigenvalue weighted by molar-refractivity contribution is 6.41. The molecule has 3 N–H and O–H groups in total. The molecule has 1 aliphatic heterocycles. The molecule has 202 valence electrons. The van der Waals surface area contributed by atoms with Gasteiger partial charge < -0.3 is 20.6 Å². The summed E-state index contributed by atoms with van der Waals surface area (Å²) in [5.41, 5.74) is 4.31. The number of rotatable bonds is 9. The lowest BCUT2D eigenvalue weighted by molar-refractivity contribution is -0.141. The Morgan fingerprint density at radius 3 is 2.44 bits per heavy atom. The van der Waals surface area contributed by atoms with Crippen LogP contribution in [0.5, 0.6) is 0 Å². The number of fused-ring (bicyclic) bond motifs is 1. The summed E-state index contributed by atoms with van der Waals surface area (Å²) >= 11 is 13.0. The number of nitrogens with one attached hydrogen (secondary N) is 2. The van der Waals surface area contributed by atoms with Crippen LogP contribution in [0, 0.1) is 5.92 Å². The van der Waals surface area contributed by atoms with Gasteiger partial charge in [-0.3, -0.25) is 9.59 Å². The van der Waals surface area contributed by atoms with Crippen molar-refractivity contribution in [1.82, 2.24) is 10.6 Å². The van der Waals surface area contributed by atoms with Gasteiger partial charge in [-0.05, 0) is 41.7 Å². The highest BCUT2D eigenvalue weighted by atomic mass is 35.5. The van der Waals surface area contributed by atoms with Gasteiger partial charge in [-0.25, -0.2) is 4.79 Å². The van der Waals surface area contributed by atoms with E-state index in [-0.39, 0.29) is 34.6 Å². The van der Waals surface area contributed by atoms with Crippen LogP contribution in [0.15, 0.2) is 66.7 Å². The molecule has 0 unspecified atom stereocenters. The number of nitrogens with zero attached hydrogens (tertiary/aromatic N) is 1. The third-order valence-electron chi connectivity index (χ3n) is 7.57. The maximum absolute atomic E-state index is 13.2. The average Bonchev–Trinajstić information content (AvgIpc) is 3.30. The van der Waals surface area contributed by atoms with Crippen molar-refractivity contribution in [2.45, 2.75) is 31.2 Å². The number of carbonyl (C=O) groups excluding carboxylic acids is 2. The number of hydrogen-bond acceptors (Lipinski definition) is 4. The second-order valence-corrected chi connectivity index (χ2v) is 10.9. The molecular formula is C30H29Cl2N3O4. The number of amides is 2. The number of carboxylic acid groups (broad SMARTS) is 1. The van der Waals surface area contributed by atoms with Crippen molar-refractivity contribution in [2.75, 3.05) is 24.5 Å². The minimum absolute atomic E-state index is 0.109. The molecule has 2 amide bonds. The summed E-state index contributed by atoms with van der Waals surface area (Å²) < 4.78 is 0. The largest absolute Gasteiger partial charge is 0.481 e. The number of carbonyl (C=O) groups is 3. The van der Waals surface area contributed by atoms with E-state index in [4.69, 9.17) is 23.2 Å². The summed E-state index contributed by atoms with van der Waals surface area (Å²) in [6.07, 6.45) is 1.31. The topological polar surface area (TPSA) is 98.7 Å². The average molecular weight is 566 g/mol. The zero-order valence-corrected chi connectivity index (χ0v) is 22.7. The van der Waals surface area contributed by atoms with Crippen molar-refractivity contribution in [3.8, 4) is 0 Å². The molecule has 7 nitrogen and oxygen atoms in total. The second kappa shape index (κ2) is 11.7. The van der Waals surface area contributed by atoms with Crippen LogP contribution in [0.1, 0.15) is 51.8 Å². The number of Topliss-reactive ketones (excluding diaryl/α,β-unsaturated/α-hetero) is 1. The lowest BCUT2D eigenvalue weighted by Gasteiger charge is -2.42. The zero-order chi connectivity index (χ0) is 27.5. The molecule has 3 aromatic rings. The standard InChI is InChI=1S/C30H29Cl2N3O4/c31-23-11-13-25(35-16-21(17-35)18-6-2-1-3-7-18)28(32)27(23)26(36)14-20(29(37)38)15-33-30(39)34-24-12-10-19-8-4-5-9-22(19)24/h1-9,11,13,20-21,24H,10,12,14-17H2,(H,37,38)(H2,33,34,39)/t20-,24+/m0/s1. The molecule has 0 bridgehead atoms. The molecule has 1 fully saturated rings. The Balaban J connectivity index is 1.20.